The summed E-state index contributed by atoms with van der Waals surface area (Å²) in [4.78, 5) is 11.7. The van der Waals surface area contributed by atoms with Crippen molar-refractivity contribution in [3.05, 3.63) is 146 Å². The fourth-order valence-electron chi connectivity index (χ4n) is 7.01. The number of aromatic nitrogens is 4. The van der Waals surface area contributed by atoms with Crippen molar-refractivity contribution in [1.29, 1.82) is 0 Å². The number of hydrogen-bond donors (Lipinski definition) is 0. The zero-order valence-electron chi connectivity index (χ0n) is 24.1. The van der Waals surface area contributed by atoms with Gasteiger partial charge in [-0.05, 0) is 54.6 Å². The largest absolute Gasteiger partial charge is 0.309 e. The molecule has 0 aliphatic rings. The first-order valence-electron chi connectivity index (χ1n) is 15.1. The Morgan fingerprint density at radius 2 is 1.00 bits per heavy atom. The third-order valence-electron chi connectivity index (χ3n) is 8.96. The van der Waals surface area contributed by atoms with E-state index in [4.69, 9.17) is 9.97 Å². The molecule has 0 spiro atoms. The van der Waals surface area contributed by atoms with Gasteiger partial charge < -0.3 is 4.57 Å². The molecule has 210 valence electrons. The number of nitrogens with zero attached hydrogens (tertiary/aromatic N) is 4. The average molecular weight is 593 g/mol. The minimum Gasteiger partial charge on any atom is -0.309 e. The molecule has 10 rings (SSSR count). The monoisotopic (exact) mass is 592 g/mol. The molecule has 0 unspecified atom stereocenters. The first kappa shape index (κ1) is 24.6. The molecular weight excluding hydrogens is 569 g/mol. The Kier molecular flexibility index (Phi) is 5.12. The summed E-state index contributed by atoms with van der Waals surface area (Å²) in [6.45, 7) is 0. The Hall–Kier alpha value is -5.78. The van der Waals surface area contributed by atoms with E-state index in [-0.39, 0.29) is 0 Å². The van der Waals surface area contributed by atoms with Crippen LogP contribution < -0.4 is 0 Å². The maximum absolute atomic E-state index is 5.44. The van der Waals surface area contributed by atoms with E-state index in [0.29, 0.717) is 0 Å². The van der Waals surface area contributed by atoms with Gasteiger partial charge in [-0.1, -0.05) is 91.0 Å². The lowest BCUT2D eigenvalue weighted by Gasteiger charge is -2.12. The van der Waals surface area contributed by atoms with Gasteiger partial charge in [-0.3, -0.25) is 4.57 Å². The highest BCUT2D eigenvalue weighted by atomic mass is 32.1. The van der Waals surface area contributed by atoms with Gasteiger partial charge in [0.05, 0.1) is 27.5 Å². The van der Waals surface area contributed by atoms with Gasteiger partial charge in [0, 0.05) is 42.9 Å². The van der Waals surface area contributed by atoms with Crippen LogP contribution in [-0.2, 0) is 0 Å². The predicted molar refractivity (Wildman–Crippen MR) is 189 cm³/mol. The van der Waals surface area contributed by atoms with Gasteiger partial charge in [0.2, 0.25) is 0 Å². The first-order chi connectivity index (χ1) is 22.3. The van der Waals surface area contributed by atoms with Crippen LogP contribution in [0.1, 0.15) is 0 Å². The van der Waals surface area contributed by atoms with Gasteiger partial charge in [0.25, 0.3) is 0 Å². The molecule has 4 aromatic heterocycles. The van der Waals surface area contributed by atoms with Crippen LogP contribution >= 0.6 is 11.3 Å². The summed E-state index contributed by atoms with van der Waals surface area (Å²) in [6, 6.07) is 51.7. The average Bonchev–Trinajstić information content (AvgIpc) is 3.76. The van der Waals surface area contributed by atoms with E-state index in [1.165, 1.54) is 37.1 Å². The number of para-hydroxylation sites is 4. The number of fused-ring (bicyclic) bond motifs is 9. The lowest BCUT2D eigenvalue weighted by molar-refractivity contribution is 1.08. The van der Waals surface area contributed by atoms with Gasteiger partial charge in [-0.25, -0.2) is 9.97 Å². The highest BCUT2D eigenvalue weighted by molar-refractivity contribution is 7.25. The van der Waals surface area contributed by atoms with E-state index >= 15 is 0 Å². The van der Waals surface area contributed by atoms with Crippen molar-refractivity contribution in [3.63, 3.8) is 0 Å². The molecule has 0 aliphatic heterocycles. The Morgan fingerprint density at radius 1 is 0.444 bits per heavy atom. The third kappa shape index (κ3) is 3.53. The Morgan fingerprint density at radius 3 is 1.71 bits per heavy atom. The summed E-state index contributed by atoms with van der Waals surface area (Å²) >= 11 is 1.73. The summed E-state index contributed by atoms with van der Waals surface area (Å²) < 4.78 is 5.88. The summed E-state index contributed by atoms with van der Waals surface area (Å²) in [5.74, 6) is 1.64. The van der Waals surface area contributed by atoms with Crippen molar-refractivity contribution >= 4 is 75.3 Å². The standard InChI is InChI=1S/C40H24N4S/c1-2-12-26(13-3-1)43-32-18-8-6-16-29(32)31-24-25(22-23-35(31)43)38-41-39(37-30-17-7-11-21-36(30)45-40(37)42-38)44-33-19-9-4-14-27(33)28-15-5-10-20-34(28)44/h1-24H. The first-order valence-corrected chi connectivity index (χ1v) is 15.9. The van der Waals surface area contributed by atoms with Crippen molar-refractivity contribution in [3.8, 4) is 22.9 Å². The molecule has 0 N–H and O–H groups in total. The fraction of sp³-hybridized carbons (Fsp3) is 0. The zero-order chi connectivity index (χ0) is 29.5. The summed E-state index contributed by atoms with van der Waals surface area (Å²) in [5, 5.41) is 7.11. The normalized spacial score (nSPS) is 12.0. The molecule has 0 amide bonds. The van der Waals surface area contributed by atoms with Gasteiger partial charge in [0.15, 0.2) is 11.6 Å². The number of thiophene rings is 1. The minimum atomic E-state index is 0.726. The van der Waals surface area contributed by atoms with Gasteiger partial charge in [0.1, 0.15) is 4.83 Å². The number of benzene rings is 6. The molecule has 0 atom stereocenters. The molecule has 0 fully saturated rings. The molecule has 0 bridgehead atoms. The minimum absolute atomic E-state index is 0.726. The zero-order valence-corrected chi connectivity index (χ0v) is 24.9. The van der Waals surface area contributed by atoms with Crippen molar-refractivity contribution < 1.29 is 0 Å². The van der Waals surface area contributed by atoms with Crippen LogP contribution in [-0.4, -0.2) is 19.1 Å². The Labute approximate surface area is 262 Å². The lowest BCUT2D eigenvalue weighted by atomic mass is 10.1. The lowest BCUT2D eigenvalue weighted by Crippen LogP contribution is -2.01. The molecule has 0 aliphatic carbocycles. The van der Waals surface area contributed by atoms with Crippen molar-refractivity contribution in [2.45, 2.75) is 0 Å². The summed E-state index contributed by atoms with van der Waals surface area (Å²) in [5.41, 5.74) is 6.77. The maximum atomic E-state index is 5.44. The van der Waals surface area contributed by atoms with E-state index in [2.05, 4.69) is 155 Å². The van der Waals surface area contributed by atoms with Gasteiger partial charge in [-0.2, -0.15) is 0 Å². The van der Waals surface area contributed by atoms with Crippen LogP contribution in [0, 0.1) is 0 Å². The molecule has 5 heteroatoms. The highest BCUT2D eigenvalue weighted by Crippen LogP contribution is 2.41. The van der Waals surface area contributed by atoms with Gasteiger partial charge in [-0.15, -0.1) is 11.3 Å². The smallest absolute Gasteiger partial charge is 0.163 e. The molecule has 4 heterocycles. The van der Waals surface area contributed by atoms with E-state index in [0.717, 1.165) is 49.7 Å². The van der Waals surface area contributed by atoms with E-state index < -0.39 is 0 Å². The quantitative estimate of drug-likeness (QED) is 0.205. The van der Waals surface area contributed by atoms with Crippen LogP contribution in [0.3, 0.4) is 0 Å². The molecule has 6 aromatic carbocycles. The molecule has 4 nitrogen and oxygen atoms in total. The second-order valence-corrected chi connectivity index (χ2v) is 12.5. The Balaban J connectivity index is 1.30. The molecule has 45 heavy (non-hydrogen) atoms. The second-order valence-electron chi connectivity index (χ2n) is 11.4. The van der Waals surface area contributed by atoms with Gasteiger partial charge >= 0.3 is 0 Å². The van der Waals surface area contributed by atoms with Crippen molar-refractivity contribution in [1.82, 2.24) is 19.1 Å². The topological polar surface area (TPSA) is 35.6 Å². The van der Waals surface area contributed by atoms with Crippen molar-refractivity contribution in [2.75, 3.05) is 0 Å². The molecule has 0 saturated carbocycles. The van der Waals surface area contributed by atoms with Crippen LogP contribution in [0.15, 0.2) is 146 Å². The maximum Gasteiger partial charge on any atom is 0.163 e. The molecule has 0 radical (unpaired) electrons. The van der Waals surface area contributed by atoms with Crippen LogP contribution in [0.2, 0.25) is 0 Å². The number of hydrogen-bond acceptors (Lipinski definition) is 3. The highest BCUT2D eigenvalue weighted by Gasteiger charge is 2.21. The van der Waals surface area contributed by atoms with Crippen molar-refractivity contribution in [2.24, 2.45) is 0 Å². The van der Waals surface area contributed by atoms with Crippen LogP contribution in [0.25, 0.3) is 86.8 Å². The molecule has 0 saturated heterocycles. The summed E-state index contributed by atoms with van der Waals surface area (Å²) in [7, 11) is 0. The third-order valence-corrected chi connectivity index (χ3v) is 10.0. The number of rotatable bonds is 3. The van der Waals surface area contributed by atoms with E-state index in [1.807, 2.05) is 0 Å². The molecular formula is C40H24N4S. The predicted octanol–water partition coefficient (Wildman–Crippen LogP) is 10.7. The van der Waals surface area contributed by atoms with E-state index in [1.54, 1.807) is 11.3 Å². The van der Waals surface area contributed by atoms with Crippen LogP contribution in [0.5, 0.6) is 0 Å². The SMILES string of the molecule is c1ccc(-n2c3ccccc3c3cc(-c4nc(-n5c6ccccc6c6ccccc65)c5c(n4)sc4ccccc45)ccc32)cc1. The Bertz CT molecular complexity index is 2710. The van der Waals surface area contributed by atoms with E-state index in [9.17, 15) is 0 Å². The van der Waals surface area contributed by atoms with Crippen LogP contribution in [0.4, 0.5) is 0 Å². The fourth-order valence-corrected chi connectivity index (χ4v) is 8.08. The molecule has 10 aromatic rings. The summed E-state index contributed by atoms with van der Waals surface area (Å²) in [6.07, 6.45) is 0. The second kappa shape index (κ2) is 9.36.